The average molecular weight is 264 g/mol. The molecule has 0 saturated carbocycles. The van der Waals surface area contributed by atoms with E-state index in [2.05, 4.69) is 12.8 Å². The zero-order chi connectivity index (χ0) is 14.5. The van der Waals surface area contributed by atoms with Gasteiger partial charge in [-0.3, -0.25) is 0 Å². The summed E-state index contributed by atoms with van der Waals surface area (Å²) >= 11 is 0. The van der Waals surface area contributed by atoms with Gasteiger partial charge < -0.3 is 9.30 Å². The van der Waals surface area contributed by atoms with Crippen LogP contribution in [0.4, 0.5) is 0 Å². The Balaban J connectivity index is 0.000000555. The van der Waals surface area contributed by atoms with Crippen molar-refractivity contribution in [3.8, 4) is 12.3 Å². The van der Waals surface area contributed by atoms with Gasteiger partial charge in [-0.2, -0.15) is 0 Å². The van der Waals surface area contributed by atoms with E-state index in [0.717, 1.165) is 18.6 Å². The molecule has 3 heteroatoms. The molecule has 0 aliphatic carbocycles. The lowest BCUT2D eigenvalue weighted by atomic mass is 10.1. The number of nitrogens with zero attached hydrogens (tertiary/aromatic N) is 1. The molecule has 0 spiro atoms. The fourth-order valence-corrected chi connectivity index (χ4v) is 1.13. The summed E-state index contributed by atoms with van der Waals surface area (Å²) in [5.74, 6) is 2.59. The van der Waals surface area contributed by atoms with Gasteiger partial charge in [0, 0.05) is 13.4 Å². The summed E-state index contributed by atoms with van der Waals surface area (Å²) in [5, 5.41) is 0. The SMILES string of the molecule is C#Cc1ccc(COCCCC)cc1.[2H][SiH2]N(C)C. The van der Waals surface area contributed by atoms with E-state index in [4.69, 9.17) is 12.4 Å². The molecule has 100 valence electrons. The average Bonchev–Trinajstić information content (AvgIpc) is 2.45. The molecule has 2 nitrogen and oxygen atoms in total. The predicted molar refractivity (Wildman–Crippen MR) is 82.6 cm³/mol. The number of ether oxygens (including phenoxy) is 1. The first-order chi connectivity index (χ1) is 9.13. The third-order valence-corrected chi connectivity index (χ3v) is 2.03. The summed E-state index contributed by atoms with van der Waals surface area (Å²) in [6, 6.07) is 7.92. The topological polar surface area (TPSA) is 12.5 Å². The van der Waals surface area contributed by atoms with Gasteiger partial charge in [-0.05, 0) is 38.2 Å². The molecule has 0 radical (unpaired) electrons. The number of unbranched alkanes of at least 4 members (excludes halogenated alkanes) is 1. The van der Waals surface area contributed by atoms with Crippen molar-refractivity contribution in [2.45, 2.75) is 26.4 Å². The van der Waals surface area contributed by atoms with Crippen molar-refractivity contribution in [3.05, 3.63) is 35.4 Å². The van der Waals surface area contributed by atoms with Crippen molar-refractivity contribution in [3.63, 3.8) is 0 Å². The molecule has 0 aliphatic rings. The number of rotatable bonds is 6. The van der Waals surface area contributed by atoms with Crippen LogP contribution >= 0.6 is 0 Å². The highest BCUT2D eigenvalue weighted by atomic mass is 28.2. The molecular formula is C15H25NOSi. The lowest BCUT2D eigenvalue weighted by Gasteiger charge is -2.03. The summed E-state index contributed by atoms with van der Waals surface area (Å²) in [6.45, 7) is 3.68. The number of hydrogen-bond donors (Lipinski definition) is 0. The van der Waals surface area contributed by atoms with Crippen LogP contribution in [0.25, 0.3) is 0 Å². The lowest BCUT2D eigenvalue weighted by molar-refractivity contribution is 0.118. The molecule has 0 aromatic heterocycles. The molecule has 0 fully saturated rings. The van der Waals surface area contributed by atoms with E-state index >= 15 is 0 Å². The van der Waals surface area contributed by atoms with Crippen molar-refractivity contribution in [1.82, 2.24) is 4.57 Å². The van der Waals surface area contributed by atoms with E-state index in [1.54, 1.807) is 0 Å². The maximum Gasteiger partial charge on any atom is 0.0777 e. The van der Waals surface area contributed by atoms with Crippen LogP contribution in [0.15, 0.2) is 24.3 Å². The first-order valence-corrected chi connectivity index (χ1v) is 6.84. The third kappa shape index (κ3) is 10.1. The molecule has 1 rings (SSSR count). The highest BCUT2D eigenvalue weighted by molar-refractivity contribution is 6.03. The Bertz CT molecular complexity index is 359. The monoisotopic (exact) mass is 264 g/mol. The fraction of sp³-hybridized carbons (Fsp3) is 0.467. The van der Waals surface area contributed by atoms with Crippen LogP contribution < -0.4 is 0 Å². The molecular weight excluding hydrogens is 238 g/mol. The minimum Gasteiger partial charge on any atom is -0.377 e. The first-order valence-electron chi connectivity index (χ1n) is 6.92. The second-order valence-corrected chi connectivity index (χ2v) is 5.59. The second-order valence-electron chi connectivity index (χ2n) is 4.33. The Morgan fingerprint density at radius 1 is 1.39 bits per heavy atom. The Hall–Kier alpha value is -1.08. The van der Waals surface area contributed by atoms with Crippen molar-refractivity contribution in [2.24, 2.45) is 0 Å². The lowest BCUT2D eigenvalue weighted by Crippen LogP contribution is -2.02. The molecule has 0 aliphatic heterocycles. The number of terminal acetylenes is 1. The van der Waals surface area contributed by atoms with Gasteiger partial charge in [0.05, 0.1) is 16.9 Å². The van der Waals surface area contributed by atoms with E-state index in [1.165, 1.54) is 12.0 Å². The second kappa shape index (κ2) is 11.0. The van der Waals surface area contributed by atoms with Crippen LogP contribution in [0.2, 0.25) is 0 Å². The zero-order valence-corrected chi connectivity index (χ0v) is 13.2. The zero-order valence-electron chi connectivity index (χ0n) is 12.8. The number of hydrogen-bond acceptors (Lipinski definition) is 2. The van der Waals surface area contributed by atoms with E-state index < -0.39 is 10.3 Å². The van der Waals surface area contributed by atoms with Gasteiger partial charge in [-0.15, -0.1) is 6.42 Å². The first kappa shape index (κ1) is 15.0. The molecule has 0 heterocycles. The van der Waals surface area contributed by atoms with Crippen LogP contribution in [0, 0.1) is 12.3 Å². The van der Waals surface area contributed by atoms with Crippen LogP contribution in [0.3, 0.4) is 0 Å². The van der Waals surface area contributed by atoms with E-state index in [0.29, 0.717) is 6.61 Å². The van der Waals surface area contributed by atoms with Crippen molar-refractivity contribution in [1.29, 1.82) is 1.23 Å². The van der Waals surface area contributed by atoms with Gasteiger partial charge in [0.1, 0.15) is 0 Å². The Kier molecular flexibility index (Phi) is 9.18. The Labute approximate surface area is 116 Å². The number of benzene rings is 1. The molecule has 0 saturated heterocycles. The maximum absolute atomic E-state index is 6.72. The van der Waals surface area contributed by atoms with Gasteiger partial charge >= 0.3 is 0 Å². The quantitative estimate of drug-likeness (QED) is 0.441. The maximum atomic E-state index is 6.72. The summed E-state index contributed by atoms with van der Waals surface area (Å²) in [5.41, 5.74) is 2.10. The fourth-order valence-electron chi connectivity index (χ4n) is 1.13. The summed E-state index contributed by atoms with van der Waals surface area (Å²) in [4.78, 5) is 0. The Morgan fingerprint density at radius 3 is 2.44 bits per heavy atom. The molecule has 1 aromatic carbocycles. The van der Waals surface area contributed by atoms with Crippen LogP contribution in [0.1, 0.15) is 30.9 Å². The highest BCUT2D eigenvalue weighted by Crippen LogP contribution is 2.05. The van der Waals surface area contributed by atoms with E-state index in [9.17, 15) is 0 Å². The predicted octanol–water partition coefficient (Wildman–Crippen LogP) is 1.81. The van der Waals surface area contributed by atoms with Crippen molar-refractivity contribution < 1.29 is 4.74 Å². The minimum absolute atomic E-state index is 0.568. The molecule has 0 unspecified atom stereocenters. The smallest absolute Gasteiger partial charge is 0.0777 e. The van der Waals surface area contributed by atoms with Crippen molar-refractivity contribution >= 4 is 10.3 Å². The molecule has 0 atom stereocenters. The Morgan fingerprint density at radius 2 is 2.00 bits per heavy atom. The normalized spacial score (nSPS) is 10.9. The molecule has 0 bridgehead atoms. The summed E-state index contributed by atoms with van der Waals surface area (Å²) in [7, 11) is 3.29. The van der Waals surface area contributed by atoms with Gasteiger partial charge in [0.25, 0.3) is 0 Å². The molecule has 0 amide bonds. The highest BCUT2D eigenvalue weighted by Gasteiger charge is 1.92. The van der Waals surface area contributed by atoms with Gasteiger partial charge in [0.15, 0.2) is 0 Å². The van der Waals surface area contributed by atoms with E-state index in [-0.39, 0.29) is 0 Å². The standard InChI is InChI=1S/C13H16O.C2H9NSi/c1-3-5-10-14-11-13-8-6-12(4-2)7-9-13;1-3(2)4/h2,6-9H,3,5,10-11H2,1H3;1-2,4H3/i;4D. The van der Waals surface area contributed by atoms with Gasteiger partial charge in [-0.25, -0.2) is 0 Å². The van der Waals surface area contributed by atoms with Crippen LogP contribution in [-0.4, -0.2) is 36.8 Å². The van der Waals surface area contributed by atoms with Crippen molar-refractivity contribution in [2.75, 3.05) is 20.7 Å². The molecule has 18 heavy (non-hydrogen) atoms. The van der Waals surface area contributed by atoms with Gasteiger partial charge in [0.2, 0.25) is 0 Å². The summed E-state index contributed by atoms with van der Waals surface area (Å²) in [6.07, 6.45) is 7.56. The molecule has 0 N–H and O–H groups in total. The van der Waals surface area contributed by atoms with E-state index in [1.807, 2.05) is 42.9 Å². The molecule has 1 aromatic rings. The van der Waals surface area contributed by atoms with Crippen LogP contribution in [0.5, 0.6) is 0 Å². The largest absolute Gasteiger partial charge is 0.377 e. The van der Waals surface area contributed by atoms with Gasteiger partial charge in [-0.1, -0.05) is 31.4 Å². The minimum atomic E-state index is -0.568. The third-order valence-electron chi connectivity index (χ3n) is 2.03. The van der Waals surface area contributed by atoms with Crippen LogP contribution in [-0.2, 0) is 11.3 Å². The summed E-state index contributed by atoms with van der Waals surface area (Å²) < 4.78 is 14.1.